The van der Waals surface area contributed by atoms with Crippen LogP contribution in [0.1, 0.15) is 11.4 Å². The summed E-state index contributed by atoms with van der Waals surface area (Å²) in [4.78, 5) is 0. The molecule has 3 aromatic rings. The predicted molar refractivity (Wildman–Crippen MR) is 79.5 cm³/mol. The highest BCUT2D eigenvalue weighted by atomic mass is 15.4. The molecule has 0 saturated carbocycles. The van der Waals surface area contributed by atoms with E-state index in [0.29, 0.717) is 6.54 Å². The number of anilines is 1. The van der Waals surface area contributed by atoms with E-state index in [2.05, 4.69) is 44.9 Å². The Morgan fingerprint density at radius 1 is 1.10 bits per heavy atom. The average Bonchev–Trinajstić information content (AvgIpc) is 2.86. The van der Waals surface area contributed by atoms with Gasteiger partial charge in [-0.25, -0.2) is 0 Å². The Morgan fingerprint density at radius 3 is 2.80 bits per heavy atom. The Morgan fingerprint density at radius 2 is 1.95 bits per heavy atom. The molecule has 0 saturated heterocycles. The van der Waals surface area contributed by atoms with Crippen LogP contribution in [0, 0.1) is 6.92 Å². The number of rotatable bonds is 4. The topological polar surface area (TPSA) is 55.1 Å². The lowest BCUT2D eigenvalue weighted by molar-refractivity contribution is 0.876. The molecule has 0 atom stereocenters. The molecule has 0 aliphatic carbocycles. The van der Waals surface area contributed by atoms with E-state index in [1.165, 1.54) is 5.56 Å². The highest BCUT2D eigenvalue weighted by Gasteiger charge is 2.02. The third kappa shape index (κ3) is 2.66. The smallest absolute Gasteiger partial charge is 0.178 e. The summed E-state index contributed by atoms with van der Waals surface area (Å²) < 4.78 is 1.73. The fourth-order valence-corrected chi connectivity index (χ4v) is 1.91. The van der Waals surface area contributed by atoms with Gasteiger partial charge >= 0.3 is 0 Å². The third-order valence-corrected chi connectivity index (χ3v) is 2.93. The van der Waals surface area contributed by atoms with Crippen molar-refractivity contribution in [1.29, 1.82) is 0 Å². The quantitative estimate of drug-likeness (QED) is 0.787. The first-order chi connectivity index (χ1) is 9.83. The van der Waals surface area contributed by atoms with Crippen LogP contribution in [0.2, 0.25) is 0 Å². The summed E-state index contributed by atoms with van der Waals surface area (Å²) in [5, 5.41) is 15.7. The van der Waals surface area contributed by atoms with Gasteiger partial charge in [0, 0.05) is 6.54 Å². The van der Waals surface area contributed by atoms with Crippen molar-refractivity contribution >= 4 is 17.5 Å². The Bertz CT molecular complexity index is 730. The van der Waals surface area contributed by atoms with Gasteiger partial charge in [0.2, 0.25) is 0 Å². The maximum atomic E-state index is 4.43. The second-order valence-electron chi connectivity index (χ2n) is 4.43. The van der Waals surface area contributed by atoms with Crippen LogP contribution in [0.15, 0.2) is 48.5 Å². The van der Waals surface area contributed by atoms with E-state index in [9.17, 15) is 0 Å². The number of hydrogen-bond acceptors (Lipinski definition) is 4. The molecule has 0 aliphatic rings. The van der Waals surface area contributed by atoms with Crippen molar-refractivity contribution in [3.05, 3.63) is 59.9 Å². The molecule has 0 aliphatic heterocycles. The van der Waals surface area contributed by atoms with E-state index in [1.807, 2.05) is 37.3 Å². The van der Waals surface area contributed by atoms with Crippen molar-refractivity contribution in [3.8, 4) is 0 Å². The zero-order chi connectivity index (χ0) is 13.8. The summed E-state index contributed by atoms with van der Waals surface area (Å²) in [6.07, 6.45) is 4.15. The summed E-state index contributed by atoms with van der Waals surface area (Å²) in [5.41, 5.74) is 1.94. The van der Waals surface area contributed by atoms with Crippen molar-refractivity contribution in [2.45, 2.75) is 6.92 Å². The predicted octanol–water partition coefficient (Wildman–Crippen LogP) is 2.56. The lowest BCUT2D eigenvalue weighted by Gasteiger charge is -2.02. The minimum atomic E-state index is 0.717. The zero-order valence-corrected chi connectivity index (χ0v) is 11.2. The maximum Gasteiger partial charge on any atom is 0.178 e. The minimum Gasteiger partial charge on any atom is -0.365 e. The molecular weight excluding hydrogens is 250 g/mol. The van der Waals surface area contributed by atoms with Crippen LogP contribution < -0.4 is 5.32 Å². The molecule has 0 unspecified atom stereocenters. The highest BCUT2D eigenvalue weighted by Crippen LogP contribution is 2.06. The van der Waals surface area contributed by atoms with Gasteiger partial charge in [-0.1, -0.05) is 42.5 Å². The molecular formula is C15H15N5. The monoisotopic (exact) mass is 265 g/mol. The number of benzene rings is 1. The van der Waals surface area contributed by atoms with E-state index in [1.54, 1.807) is 4.52 Å². The molecule has 2 aromatic heterocycles. The minimum absolute atomic E-state index is 0.717. The van der Waals surface area contributed by atoms with Gasteiger partial charge in [0.25, 0.3) is 0 Å². The van der Waals surface area contributed by atoms with Crippen LogP contribution in [0.4, 0.5) is 5.82 Å². The van der Waals surface area contributed by atoms with Crippen LogP contribution in [0.25, 0.3) is 11.7 Å². The summed E-state index contributed by atoms with van der Waals surface area (Å²) in [6.45, 7) is 2.60. The Balaban J connectivity index is 1.65. The Kier molecular flexibility index (Phi) is 3.41. The molecule has 20 heavy (non-hydrogen) atoms. The molecule has 0 amide bonds. The fourth-order valence-electron chi connectivity index (χ4n) is 1.91. The van der Waals surface area contributed by atoms with E-state index >= 15 is 0 Å². The van der Waals surface area contributed by atoms with Gasteiger partial charge in [-0.15, -0.1) is 15.3 Å². The summed E-state index contributed by atoms with van der Waals surface area (Å²) in [6, 6.07) is 14.0. The van der Waals surface area contributed by atoms with Crippen LogP contribution in [0.3, 0.4) is 0 Å². The first-order valence-corrected chi connectivity index (χ1v) is 6.47. The Hall–Kier alpha value is -2.69. The molecule has 0 spiro atoms. The van der Waals surface area contributed by atoms with Gasteiger partial charge in [-0.05, 0) is 24.6 Å². The molecule has 5 nitrogen and oxygen atoms in total. The normalized spacial score (nSPS) is 11.2. The van der Waals surface area contributed by atoms with E-state index in [-0.39, 0.29) is 0 Å². The van der Waals surface area contributed by atoms with Crippen molar-refractivity contribution in [1.82, 2.24) is 19.8 Å². The zero-order valence-electron chi connectivity index (χ0n) is 11.2. The van der Waals surface area contributed by atoms with Gasteiger partial charge in [0.15, 0.2) is 11.5 Å². The molecule has 100 valence electrons. The molecule has 1 N–H and O–H groups in total. The summed E-state index contributed by atoms with van der Waals surface area (Å²) in [5.74, 6) is 1.58. The van der Waals surface area contributed by atoms with Crippen LogP contribution in [-0.4, -0.2) is 26.4 Å². The fraction of sp³-hybridized carbons (Fsp3) is 0.133. The van der Waals surface area contributed by atoms with Gasteiger partial charge in [0.1, 0.15) is 5.82 Å². The van der Waals surface area contributed by atoms with Crippen molar-refractivity contribution < 1.29 is 0 Å². The molecule has 2 heterocycles. The molecule has 0 radical (unpaired) electrons. The van der Waals surface area contributed by atoms with E-state index < -0.39 is 0 Å². The number of nitrogens with one attached hydrogen (secondary N) is 1. The largest absolute Gasteiger partial charge is 0.365 e. The number of hydrogen-bond donors (Lipinski definition) is 1. The average molecular weight is 265 g/mol. The summed E-state index contributed by atoms with van der Waals surface area (Å²) in [7, 11) is 0. The first kappa shape index (κ1) is 12.3. The molecule has 0 bridgehead atoms. The lowest BCUT2D eigenvalue weighted by atomic mass is 10.2. The number of nitrogens with zero attached hydrogens (tertiary/aromatic N) is 4. The molecule has 1 aromatic carbocycles. The van der Waals surface area contributed by atoms with E-state index in [0.717, 1.165) is 17.3 Å². The number of aryl methyl sites for hydroxylation is 1. The van der Waals surface area contributed by atoms with Gasteiger partial charge in [0.05, 0.1) is 0 Å². The highest BCUT2D eigenvalue weighted by molar-refractivity contribution is 5.50. The van der Waals surface area contributed by atoms with E-state index in [4.69, 9.17) is 0 Å². The standard InChI is InChI=1S/C15H15N5/c1-12-17-18-15-10-9-14(19-20(12)15)16-11-5-8-13-6-3-2-4-7-13/h2-10H,11H2,1H3,(H,16,19)/b8-5+. The Labute approximate surface area is 117 Å². The van der Waals surface area contributed by atoms with Crippen molar-refractivity contribution in [2.24, 2.45) is 0 Å². The van der Waals surface area contributed by atoms with Crippen LogP contribution in [0.5, 0.6) is 0 Å². The molecule has 5 heteroatoms. The first-order valence-electron chi connectivity index (χ1n) is 6.47. The van der Waals surface area contributed by atoms with Gasteiger partial charge < -0.3 is 5.32 Å². The molecule has 3 rings (SSSR count). The SMILES string of the molecule is Cc1nnc2ccc(NC/C=C/c3ccccc3)nn12. The lowest BCUT2D eigenvalue weighted by Crippen LogP contribution is -2.04. The second kappa shape index (κ2) is 5.52. The second-order valence-corrected chi connectivity index (χ2v) is 4.43. The molecule has 0 fully saturated rings. The van der Waals surface area contributed by atoms with Gasteiger partial charge in [-0.2, -0.15) is 4.52 Å². The van der Waals surface area contributed by atoms with Gasteiger partial charge in [-0.3, -0.25) is 0 Å². The number of fused-ring (bicyclic) bond motifs is 1. The third-order valence-electron chi connectivity index (χ3n) is 2.93. The maximum absolute atomic E-state index is 4.43. The van der Waals surface area contributed by atoms with Crippen molar-refractivity contribution in [3.63, 3.8) is 0 Å². The number of aromatic nitrogens is 4. The van der Waals surface area contributed by atoms with Crippen molar-refractivity contribution in [2.75, 3.05) is 11.9 Å². The van der Waals surface area contributed by atoms with Crippen LogP contribution >= 0.6 is 0 Å². The summed E-state index contributed by atoms with van der Waals surface area (Å²) >= 11 is 0. The van der Waals surface area contributed by atoms with Crippen LogP contribution in [-0.2, 0) is 0 Å².